The van der Waals surface area contributed by atoms with Crippen molar-refractivity contribution in [3.05, 3.63) is 0 Å². The molecule has 0 radical (unpaired) electrons. The Balaban J connectivity index is 1.79. The highest BCUT2D eigenvalue weighted by molar-refractivity contribution is 5.70. The summed E-state index contributed by atoms with van der Waals surface area (Å²) in [5, 5.41) is 19.2. The predicted octanol–water partition coefficient (Wildman–Crippen LogP) is 1.09. The van der Waals surface area contributed by atoms with E-state index in [0.717, 1.165) is 58.2 Å². The van der Waals surface area contributed by atoms with E-state index in [1.807, 2.05) is 0 Å². The van der Waals surface area contributed by atoms with E-state index < -0.39 is 11.6 Å². The van der Waals surface area contributed by atoms with Crippen molar-refractivity contribution in [2.45, 2.75) is 44.1 Å². The second-order valence-electron chi connectivity index (χ2n) is 5.32. The summed E-state index contributed by atoms with van der Waals surface area (Å²) in [6.45, 7) is 2.37. The van der Waals surface area contributed by atoms with Crippen LogP contribution in [-0.4, -0.2) is 46.3 Å². The number of β-amino-alcohol motifs (C(OH)–C–C–N with tert-alkyl or cyclic N) is 1. The summed E-state index contributed by atoms with van der Waals surface area (Å²) in [7, 11) is 0. The van der Waals surface area contributed by atoms with E-state index in [1.54, 1.807) is 0 Å². The Labute approximate surface area is 96.3 Å². The molecule has 0 aromatic rings. The zero-order valence-electron chi connectivity index (χ0n) is 9.69. The molecule has 1 saturated carbocycles. The summed E-state index contributed by atoms with van der Waals surface area (Å²) in [5.41, 5.74) is -0.490. The first-order chi connectivity index (χ1) is 7.59. The second kappa shape index (κ2) is 4.72. The molecule has 2 aliphatic rings. The molecular weight excluding hydrogens is 206 g/mol. The minimum Gasteiger partial charge on any atom is -0.481 e. The monoisotopic (exact) mass is 227 g/mol. The number of hydrogen-bond donors (Lipinski definition) is 2. The van der Waals surface area contributed by atoms with Crippen molar-refractivity contribution in [2.75, 3.05) is 19.6 Å². The molecule has 4 nitrogen and oxygen atoms in total. The molecule has 0 spiro atoms. The van der Waals surface area contributed by atoms with Crippen molar-refractivity contribution in [3.8, 4) is 0 Å². The number of hydrogen-bond acceptors (Lipinski definition) is 3. The Morgan fingerprint density at radius 1 is 1.25 bits per heavy atom. The van der Waals surface area contributed by atoms with Crippen LogP contribution in [-0.2, 0) is 4.79 Å². The average molecular weight is 227 g/mol. The first-order valence-corrected chi connectivity index (χ1v) is 6.27. The molecule has 0 amide bonds. The third-order valence-electron chi connectivity index (χ3n) is 3.99. The quantitative estimate of drug-likeness (QED) is 0.757. The van der Waals surface area contributed by atoms with Crippen molar-refractivity contribution in [1.82, 2.24) is 4.90 Å². The SMILES string of the molecule is O=C(O)C1CCN(CC2(O)CCCC2)CC1. The van der Waals surface area contributed by atoms with E-state index in [9.17, 15) is 9.90 Å². The van der Waals surface area contributed by atoms with Crippen LogP contribution in [0.15, 0.2) is 0 Å². The molecule has 1 heterocycles. The Morgan fingerprint density at radius 3 is 2.31 bits per heavy atom. The summed E-state index contributed by atoms with van der Waals surface area (Å²) in [6, 6.07) is 0. The van der Waals surface area contributed by atoms with Crippen molar-refractivity contribution in [3.63, 3.8) is 0 Å². The summed E-state index contributed by atoms with van der Waals surface area (Å²) in [5.74, 6) is -0.839. The lowest BCUT2D eigenvalue weighted by molar-refractivity contribution is -0.143. The van der Waals surface area contributed by atoms with E-state index in [-0.39, 0.29) is 5.92 Å². The van der Waals surface area contributed by atoms with Gasteiger partial charge in [-0.3, -0.25) is 4.79 Å². The van der Waals surface area contributed by atoms with Crippen LogP contribution in [0.2, 0.25) is 0 Å². The van der Waals surface area contributed by atoms with Crippen LogP contribution in [0.4, 0.5) is 0 Å². The van der Waals surface area contributed by atoms with Gasteiger partial charge in [-0.05, 0) is 38.8 Å². The van der Waals surface area contributed by atoms with Gasteiger partial charge in [0, 0.05) is 6.54 Å². The maximum atomic E-state index is 10.8. The molecule has 0 atom stereocenters. The molecule has 2 fully saturated rings. The molecule has 0 aromatic heterocycles. The number of carbonyl (C=O) groups is 1. The molecule has 0 unspecified atom stereocenters. The minimum atomic E-state index is -0.667. The number of nitrogens with zero attached hydrogens (tertiary/aromatic N) is 1. The second-order valence-corrected chi connectivity index (χ2v) is 5.32. The van der Waals surface area contributed by atoms with Gasteiger partial charge in [0.05, 0.1) is 11.5 Å². The van der Waals surface area contributed by atoms with Gasteiger partial charge in [0.25, 0.3) is 0 Å². The molecule has 4 heteroatoms. The maximum Gasteiger partial charge on any atom is 0.306 e. The van der Waals surface area contributed by atoms with Crippen LogP contribution in [0.25, 0.3) is 0 Å². The van der Waals surface area contributed by atoms with Gasteiger partial charge in [-0.1, -0.05) is 12.8 Å². The Morgan fingerprint density at radius 2 is 1.81 bits per heavy atom. The van der Waals surface area contributed by atoms with Crippen molar-refractivity contribution < 1.29 is 15.0 Å². The lowest BCUT2D eigenvalue weighted by Crippen LogP contribution is -2.45. The molecule has 92 valence electrons. The predicted molar refractivity (Wildman–Crippen MR) is 60.2 cm³/mol. The van der Waals surface area contributed by atoms with Crippen LogP contribution in [0.1, 0.15) is 38.5 Å². The van der Waals surface area contributed by atoms with Gasteiger partial charge >= 0.3 is 5.97 Å². The van der Waals surface area contributed by atoms with Crippen molar-refractivity contribution >= 4 is 5.97 Å². The largest absolute Gasteiger partial charge is 0.481 e. The molecule has 0 aromatic carbocycles. The zero-order chi connectivity index (χ0) is 11.6. The highest BCUT2D eigenvalue weighted by atomic mass is 16.4. The molecule has 1 saturated heterocycles. The van der Waals surface area contributed by atoms with Gasteiger partial charge in [-0.15, -0.1) is 0 Å². The summed E-state index contributed by atoms with van der Waals surface area (Å²) < 4.78 is 0. The first-order valence-electron chi connectivity index (χ1n) is 6.27. The van der Waals surface area contributed by atoms with Gasteiger partial charge < -0.3 is 15.1 Å². The molecular formula is C12H21NO3. The lowest BCUT2D eigenvalue weighted by atomic mass is 9.94. The minimum absolute atomic E-state index is 0.172. The van der Waals surface area contributed by atoms with E-state index in [0.29, 0.717) is 0 Å². The number of rotatable bonds is 3. The normalized spacial score (nSPS) is 27.1. The topological polar surface area (TPSA) is 60.8 Å². The van der Waals surface area contributed by atoms with E-state index in [2.05, 4.69) is 4.90 Å². The fourth-order valence-corrected chi connectivity index (χ4v) is 2.95. The average Bonchev–Trinajstić information content (AvgIpc) is 2.65. The smallest absolute Gasteiger partial charge is 0.306 e. The molecule has 1 aliphatic heterocycles. The fourth-order valence-electron chi connectivity index (χ4n) is 2.95. The van der Waals surface area contributed by atoms with Crippen LogP contribution < -0.4 is 0 Å². The lowest BCUT2D eigenvalue weighted by Gasteiger charge is -2.35. The third kappa shape index (κ3) is 2.74. The van der Waals surface area contributed by atoms with Gasteiger partial charge in [-0.2, -0.15) is 0 Å². The number of piperidine rings is 1. The third-order valence-corrected chi connectivity index (χ3v) is 3.99. The Hall–Kier alpha value is -0.610. The van der Waals surface area contributed by atoms with Gasteiger partial charge in [0.15, 0.2) is 0 Å². The zero-order valence-corrected chi connectivity index (χ0v) is 9.69. The molecule has 2 rings (SSSR count). The van der Waals surface area contributed by atoms with Crippen LogP contribution in [0, 0.1) is 5.92 Å². The Bertz CT molecular complexity index is 253. The van der Waals surface area contributed by atoms with Gasteiger partial charge in [-0.25, -0.2) is 0 Å². The van der Waals surface area contributed by atoms with Crippen molar-refractivity contribution in [1.29, 1.82) is 0 Å². The standard InChI is InChI=1S/C12H21NO3/c14-11(15)10-3-7-13(8-4-10)9-12(16)5-1-2-6-12/h10,16H,1-9H2,(H,14,15). The van der Waals surface area contributed by atoms with E-state index in [4.69, 9.17) is 5.11 Å². The molecule has 0 bridgehead atoms. The summed E-state index contributed by atoms with van der Waals surface area (Å²) in [4.78, 5) is 13.0. The highest BCUT2D eigenvalue weighted by Crippen LogP contribution is 2.31. The van der Waals surface area contributed by atoms with Gasteiger partial charge in [0.2, 0.25) is 0 Å². The van der Waals surface area contributed by atoms with E-state index in [1.165, 1.54) is 0 Å². The molecule has 16 heavy (non-hydrogen) atoms. The molecule has 2 N–H and O–H groups in total. The number of carboxylic acid groups (broad SMARTS) is 1. The summed E-state index contributed by atoms with van der Waals surface area (Å²) in [6.07, 6.45) is 5.53. The number of aliphatic hydroxyl groups is 1. The maximum absolute atomic E-state index is 10.8. The summed E-state index contributed by atoms with van der Waals surface area (Å²) >= 11 is 0. The first kappa shape index (κ1) is 11.9. The molecule has 1 aliphatic carbocycles. The fraction of sp³-hybridized carbons (Fsp3) is 0.917. The van der Waals surface area contributed by atoms with Gasteiger partial charge in [0.1, 0.15) is 0 Å². The number of likely N-dealkylation sites (tertiary alicyclic amines) is 1. The van der Waals surface area contributed by atoms with Crippen LogP contribution >= 0.6 is 0 Å². The van der Waals surface area contributed by atoms with E-state index >= 15 is 0 Å². The number of aliphatic carboxylic acids is 1. The van der Waals surface area contributed by atoms with Crippen molar-refractivity contribution in [2.24, 2.45) is 5.92 Å². The van der Waals surface area contributed by atoms with Crippen LogP contribution in [0.5, 0.6) is 0 Å². The Kier molecular flexibility index (Phi) is 3.50. The highest BCUT2D eigenvalue weighted by Gasteiger charge is 2.34. The van der Waals surface area contributed by atoms with Crippen LogP contribution in [0.3, 0.4) is 0 Å². The number of carboxylic acids is 1.